The molecule has 0 bridgehead atoms. The lowest BCUT2D eigenvalue weighted by molar-refractivity contribution is -0.704. The van der Waals surface area contributed by atoms with E-state index < -0.39 is 0 Å². The van der Waals surface area contributed by atoms with Gasteiger partial charge in [-0.25, -0.2) is 4.57 Å². The molecule has 0 fully saturated rings. The molecular weight excluding hydrogens is 160 g/mol. The molecule has 0 N–H and O–H groups in total. The van der Waals surface area contributed by atoms with Crippen LogP contribution in [0.4, 0.5) is 0 Å². The number of hydrogen-bond donors (Lipinski definition) is 0. The van der Waals surface area contributed by atoms with E-state index >= 15 is 0 Å². The second-order valence-electron chi connectivity index (χ2n) is 2.74. The van der Waals surface area contributed by atoms with Gasteiger partial charge < -0.3 is 11.8 Å². The molecule has 1 heterocycles. The Morgan fingerprint density at radius 1 is 1.31 bits per heavy atom. The molecule has 0 aliphatic rings. The van der Waals surface area contributed by atoms with Gasteiger partial charge in [-0.15, -0.1) is 0 Å². The van der Waals surface area contributed by atoms with Gasteiger partial charge in [0.1, 0.15) is 6.54 Å². The van der Waals surface area contributed by atoms with Gasteiger partial charge in [0.25, 0.3) is 0 Å². The predicted octanol–water partition coefficient (Wildman–Crippen LogP) is 2.04. The van der Waals surface area contributed by atoms with Crippen molar-refractivity contribution in [2.24, 2.45) is 0 Å². The highest BCUT2D eigenvalue weighted by molar-refractivity contribution is 4.96. The van der Waals surface area contributed by atoms with Crippen LogP contribution < -0.4 is 4.57 Å². The highest BCUT2D eigenvalue weighted by Gasteiger charge is 2.03. The molecule has 1 aromatic heterocycles. The normalized spacial score (nSPS) is 8.62. The Kier molecular flexibility index (Phi) is 6.53. The molecule has 13 heavy (non-hydrogen) atoms. The molecule has 1 rings (SSSR count). The molecule has 0 aliphatic heterocycles. The third-order valence-corrected chi connectivity index (χ3v) is 1.86. The van der Waals surface area contributed by atoms with Gasteiger partial charge in [0.15, 0.2) is 11.9 Å². The smallest absolute Gasteiger partial charge is 0.181 e. The van der Waals surface area contributed by atoms with Gasteiger partial charge in [-0.1, -0.05) is 19.9 Å². The topological polar surface area (TPSA) is 27.7 Å². The minimum absolute atomic E-state index is 1.13. The molecule has 0 saturated carbocycles. The third-order valence-electron chi connectivity index (χ3n) is 1.86. The van der Waals surface area contributed by atoms with E-state index in [9.17, 15) is 0 Å². The van der Waals surface area contributed by atoms with Gasteiger partial charge in [0, 0.05) is 25.0 Å². The second kappa shape index (κ2) is 7.30. The molecule has 0 spiro atoms. The van der Waals surface area contributed by atoms with Crippen LogP contribution in [0, 0.1) is 11.8 Å². The van der Waals surface area contributed by atoms with Crippen LogP contribution in [0.25, 0.3) is 0 Å². The first kappa shape index (κ1) is 11.6. The monoisotopic (exact) mass is 176 g/mol. The lowest BCUT2D eigenvalue weighted by Gasteiger charge is -1.98. The molecule has 0 radical (unpaired) electrons. The van der Waals surface area contributed by atoms with Crippen LogP contribution in [-0.2, 0) is 13.0 Å². The number of nitrogens with zero attached hydrogens (tertiary/aromatic N) is 2. The molecule has 2 nitrogen and oxygen atoms in total. The maximum Gasteiger partial charge on any atom is 0.181 e. The highest BCUT2D eigenvalue weighted by atomic mass is 14.9. The van der Waals surface area contributed by atoms with Crippen molar-refractivity contribution in [3.8, 4) is 0 Å². The van der Waals surface area contributed by atoms with Crippen molar-refractivity contribution in [3.05, 3.63) is 36.7 Å². The van der Waals surface area contributed by atoms with Crippen LogP contribution >= 0.6 is 0 Å². The van der Waals surface area contributed by atoms with E-state index in [-0.39, 0.29) is 0 Å². The molecule has 2 heteroatoms. The number of hydrogen-bond acceptors (Lipinski definition) is 1. The Hall–Kier alpha value is -1.36. The number of pyridine rings is 1. The Balaban J connectivity index is 0.000000671. The summed E-state index contributed by atoms with van der Waals surface area (Å²) in [5, 5.41) is 6.25. The fourth-order valence-corrected chi connectivity index (χ4v) is 1.29. The molecule has 1 aromatic rings. The summed E-state index contributed by atoms with van der Waals surface area (Å²) in [4.78, 5) is 0. The van der Waals surface area contributed by atoms with E-state index in [0.29, 0.717) is 0 Å². The summed E-state index contributed by atoms with van der Waals surface area (Å²) in [6.07, 6.45) is 4.49. The molecule has 0 saturated heterocycles. The molecule has 0 atom stereocenters. The summed E-state index contributed by atoms with van der Waals surface area (Å²) in [5.41, 5.74) is 1.43. The maximum atomic E-state index is 6.25. The molecule has 0 aromatic carbocycles. The Bertz CT molecular complexity index is 253. The van der Waals surface area contributed by atoms with E-state index in [1.54, 1.807) is 0 Å². The minimum Gasteiger partial charge on any atom is -0.512 e. The van der Waals surface area contributed by atoms with Gasteiger partial charge >= 0.3 is 0 Å². The lowest BCUT2D eigenvalue weighted by Crippen LogP contribution is -2.37. The van der Waals surface area contributed by atoms with E-state index in [2.05, 4.69) is 42.8 Å². The second-order valence-corrected chi connectivity index (χ2v) is 2.74. The summed E-state index contributed by atoms with van der Waals surface area (Å²) in [5.74, 6) is 0. The van der Waals surface area contributed by atoms with E-state index in [4.69, 9.17) is 11.8 Å². The van der Waals surface area contributed by atoms with Crippen molar-refractivity contribution < 1.29 is 4.57 Å². The van der Waals surface area contributed by atoms with E-state index in [0.717, 1.165) is 13.0 Å². The molecular formula is C11H16N2. The SMILES string of the molecule is CCC[n+]1ccccc1CC.[C-]#N. The minimum atomic E-state index is 1.13. The summed E-state index contributed by atoms with van der Waals surface area (Å²) >= 11 is 0. The standard InChI is InChI=1S/C10H16N.CN/c1-3-8-11-9-6-5-7-10(11)4-2;1-2/h5-7,9H,3-4,8H2,1-2H3;/q+1;-1. The first-order chi connectivity index (χ1) is 6.38. The first-order valence-corrected chi connectivity index (χ1v) is 4.58. The van der Waals surface area contributed by atoms with Crippen molar-refractivity contribution >= 4 is 0 Å². The van der Waals surface area contributed by atoms with E-state index in [1.165, 1.54) is 12.1 Å². The summed E-state index contributed by atoms with van der Waals surface area (Å²) in [6, 6.07) is 6.38. The average Bonchev–Trinajstić information content (AvgIpc) is 2.22. The van der Waals surface area contributed by atoms with Crippen LogP contribution in [0.1, 0.15) is 26.0 Å². The van der Waals surface area contributed by atoms with Crippen LogP contribution in [0.15, 0.2) is 24.4 Å². The predicted molar refractivity (Wildman–Crippen MR) is 51.3 cm³/mol. The maximum absolute atomic E-state index is 6.25. The number of aryl methyl sites for hydroxylation is 2. The van der Waals surface area contributed by atoms with Gasteiger partial charge in [-0.2, -0.15) is 0 Å². The van der Waals surface area contributed by atoms with Crippen LogP contribution in [-0.4, -0.2) is 0 Å². The summed E-state index contributed by atoms with van der Waals surface area (Å²) < 4.78 is 2.32. The number of aromatic nitrogens is 1. The third kappa shape index (κ3) is 3.71. The van der Waals surface area contributed by atoms with Crippen molar-refractivity contribution in [2.75, 3.05) is 0 Å². The van der Waals surface area contributed by atoms with Crippen molar-refractivity contribution in [3.63, 3.8) is 0 Å². The lowest BCUT2D eigenvalue weighted by atomic mass is 10.3. The average molecular weight is 176 g/mol. The molecule has 0 unspecified atom stereocenters. The number of rotatable bonds is 3. The van der Waals surface area contributed by atoms with E-state index in [1.807, 2.05) is 0 Å². The van der Waals surface area contributed by atoms with Crippen molar-refractivity contribution in [1.29, 1.82) is 5.26 Å². The summed E-state index contributed by atoms with van der Waals surface area (Å²) in [7, 11) is 0. The highest BCUT2D eigenvalue weighted by Crippen LogP contribution is 1.92. The van der Waals surface area contributed by atoms with Gasteiger partial charge in [-0.3, -0.25) is 0 Å². The Morgan fingerprint density at radius 2 is 2.00 bits per heavy atom. The molecule has 70 valence electrons. The van der Waals surface area contributed by atoms with Crippen LogP contribution in [0.5, 0.6) is 0 Å². The van der Waals surface area contributed by atoms with Crippen LogP contribution in [0.2, 0.25) is 0 Å². The van der Waals surface area contributed by atoms with Gasteiger partial charge in [-0.05, 0) is 0 Å². The van der Waals surface area contributed by atoms with Gasteiger partial charge in [0.2, 0.25) is 0 Å². The molecule has 0 aliphatic carbocycles. The Morgan fingerprint density at radius 3 is 2.54 bits per heavy atom. The first-order valence-electron chi connectivity index (χ1n) is 4.58. The fraction of sp³-hybridized carbons (Fsp3) is 0.455. The van der Waals surface area contributed by atoms with Crippen LogP contribution in [0.3, 0.4) is 0 Å². The largest absolute Gasteiger partial charge is 0.512 e. The fourth-order valence-electron chi connectivity index (χ4n) is 1.29. The van der Waals surface area contributed by atoms with Crippen molar-refractivity contribution in [1.82, 2.24) is 0 Å². The quantitative estimate of drug-likeness (QED) is 0.511. The zero-order chi connectivity index (χ0) is 10.1. The zero-order valence-corrected chi connectivity index (χ0v) is 8.33. The molecule has 0 amide bonds. The van der Waals surface area contributed by atoms with Crippen molar-refractivity contribution in [2.45, 2.75) is 33.2 Å². The zero-order valence-electron chi connectivity index (χ0n) is 8.33. The Labute approximate surface area is 80.4 Å². The summed E-state index contributed by atoms with van der Waals surface area (Å²) in [6.45, 7) is 10.3. The van der Waals surface area contributed by atoms with Gasteiger partial charge in [0.05, 0.1) is 0 Å².